The van der Waals surface area contributed by atoms with E-state index in [-0.39, 0.29) is 24.2 Å². The number of rotatable bonds is 11. The fourth-order valence-electron chi connectivity index (χ4n) is 5.17. The van der Waals surface area contributed by atoms with Gasteiger partial charge in [0.2, 0.25) is 5.91 Å². The number of carbonyl (C=O) groups is 1. The molecule has 0 bridgehead atoms. The molecule has 0 fully saturated rings. The number of amides is 1. The highest BCUT2D eigenvalue weighted by molar-refractivity contribution is 6.30. The zero-order valence-electron chi connectivity index (χ0n) is 22.6. The second-order valence-corrected chi connectivity index (χ2v) is 10.1. The maximum Gasteiger partial charge on any atom is 0.221 e. The van der Waals surface area contributed by atoms with Crippen molar-refractivity contribution in [3.63, 3.8) is 0 Å². The summed E-state index contributed by atoms with van der Waals surface area (Å²) in [5.74, 6) is 1.13. The molecule has 0 aliphatic carbocycles. The van der Waals surface area contributed by atoms with Gasteiger partial charge in [-0.15, -0.1) is 0 Å². The van der Waals surface area contributed by atoms with Gasteiger partial charge in [-0.3, -0.25) is 4.79 Å². The Morgan fingerprint density at radius 1 is 0.850 bits per heavy atom. The molecule has 0 spiro atoms. The zero-order valence-corrected chi connectivity index (χ0v) is 23.3. The maximum absolute atomic E-state index is 13.5. The first-order chi connectivity index (χ1) is 19.6. The molecular formula is C33H32ClN3O3. The summed E-state index contributed by atoms with van der Waals surface area (Å²) in [4.78, 5) is 18.0. The van der Waals surface area contributed by atoms with E-state index < -0.39 is 0 Å². The third kappa shape index (κ3) is 6.29. The van der Waals surface area contributed by atoms with Crippen LogP contribution in [-0.2, 0) is 4.79 Å². The Balaban J connectivity index is 1.39. The molecule has 2 heterocycles. The second kappa shape index (κ2) is 12.7. The summed E-state index contributed by atoms with van der Waals surface area (Å²) >= 11 is 6.33. The lowest BCUT2D eigenvalue weighted by atomic mass is 9.88. The van der Waals surface area contributed by atoms with Crippen LogP contribution < -0.4 is 14.8 Å². The van der Waals surface area contributed by atoms with E-state index in [1.807, 2.05) is 47.0 Å². The molecule has 5 aromatic rings. The quantitative estimate of drug-likeness (QED) is 0.194. The topological polar surface area (TPSA) is 64.9 Å². The molecule has 0 aliphatic rings. The number of fused-ring (bicyclic) bond motifs is 1. The average Bonchev–Trinajstić information content (AvgIpc) is 3.41. The molecule has 0 radical (unpaired) electrons. The molecule has 6 nitrogen and oxygen atoms in total. The Morgan fingerprint density at radius 2 is 1.48 bits per heavy atom. The van der Waals surface area contributed by atoms with Gasteiger partial charge in [0.25, 0.3) is 0 Å². The fraction of sp³-hybridized carbons (Fsp3) is 0.212. The van der Waals surface area contributed by atoms with Gasteiger partial charge in [-0.05, 0) is 47.4 Å². The molecule has 7 heteroatoms. The van der Waals surface area contributed by atoms with Crippen LogP contribution in [0.1, 0.15) is 47.1 Å². The number of benzene rings is 3. The van der Waals surface area contributed by atoms with Crippen molar-refractivity contribution in [3.05, 3.63) is 131 Å². The van der Waals surface area contributed by atoms with E-state index in [0.717, 1.165) is 23.3 Å². The van der Waals surface area contributed by atoms with E-state index in [9.17, 15) is 4.79 Å². The largest absolute Gasteiger partial charge is 0.497 e. The van der Waals surface area contributed by atoms with E-state index in [1.165, 1.54) is 11.1 Å². The van der Waals surface area contributed by atoms with E-state index >= 15 is 0 Å². The lowest BCUT2D eigenvalue weighted by Gasteiger charge is -2.21. The number of ether oxygens (including phenoxy) is 2. The van der Waals surface area contributed by atoms with Gasteiger partial charge in [0, 0.05) is 43.3 Å². The number of nitrogens with zero attached hydrogens (tertiary/aromatic N) is 2. The van der Waals surface area contributed by atoms with Crippen LogP contribution in [0.5, 0.6) is 11.5 Å². The van der Waals surface area contributed by atoms with Crippen LogP contribution in [0.25, 0.3) is 5.65 Å². The Labute approximate surface area is 239 Å². The minimum absolute atomic E-state index is 0.0522. The Bertz CT molecular complexity index is 1510. The predicted octanol–water partition coefficient (Wildman–Crippen LogP) is 6.87. The summed E-state index contributed by atoms with van der Waals surface area (Å²) in [5, 5.41) is 3.76. The summed E-state index contributed by atoms with van der Waals surface area (Å²) in [6.07, 6.45) is 4.63. The molecule has 204 valence electrons. The van der Waals surface area contributed by atoms with Crippen molar-refractivity contribution in [1.82, 2.24) is 14.7 Å². The third-order valence-electron chi connectivity index (χ3n) is 7.18. The molecule has 3 aromatic carbocycles. The van der Waals surface area contributed by atoms with Crippen LogP contribution in [0.3, 0.4) is 0 Å². The SMILES string of the molecule is COc1cc(OC)cc([C@H](CC(=O)NCCC(c2ccccc2)c2ccccc2)c2cnc3ccc(Cl)cn23)c1. The summed E-state index contributed by atoms with van der Waals surface area (Å²) in [6.45, 7) is 0.542. The standard InChI is InChI=1S/C33H32ClN3O3/c1-39-27-17-25(18-28(19-27)40-2)30(31-21-36-32-14-13-26(34)22-37(31)32)20-33(38)35-16-15-29(23-9-5-3-6-10-23)24-11-7-4-8-12-24/h3-14,17-19,21-22,29-30H,15-16,20H2,1-2H3,(H,35,38)/t30-/m0/s1. The average molecular weight is 554 g/mol. The van der Waals surface area contributed by atoms with Gasteiger partial charge >= 0.3 is 0 Å². The van der Waals surface area contributed by atoms with E-state index in [0.29, 0.717) is 23.1 Å². The minimum atomic E-state index is -0.309. The van der Waals surface area contributed by atoms with Crippen LogP contribution in [0.2, 0.25) is 5.02 Å². The van der Waals surface area contributed by atoms with Crippen molar-refractivity contribution in [1.29, 1.82) is 0 Å². The fourth-order valence-corrected chi connectivity index (χ4v) is 5.33. The zero-order chi connectivity index (χ0) is 27.9. The van der Waals surface area contributed by atoms with Crippen LogP contribution in [-0.4, -0.2) is 36.1 Å². The molecule has 1 N–H and O–H groups in total. The maximum atomic E-state index is 13.5. The Hall–Kier alpha value is -4.29. The van der Waals surface area contributed by atoms with Gasteiger partial charge in [0.05, 0.1) is 24.9 Å². The summed E-state index contributed by atoms with van der Waals surface area (Å²) < 4.78 is 13.0. The molecule has 40 heavy (non-hydrogen) atoms. The normalized spacial score (nSPS) is 11.9. The van der Waals surface area contributed by atoms with Crippen molar-refractivity contribution in [2.24, 2.45) is 0 Å². The number of hydrogen-bond donors (Lipinski definition) is 1. The van der Waals surface area contributed by atoms with Gasteiger partial charge in [0.15, 0.2) is 0 Å². The number of aromatic nitrogens is 2. The number of pyridine rings is 1. The Morgan fingerprint density at radius 3 is 2.08 bits per heavy atom. The third-order valence-corrected chi connectivity index (χ3v) is 7.40. The van der Waals surface area contributed by atoms with Crippen molar-refractivity contribution < 1.29 is 14.3 Å². The van der Waals surface area contributed by atoms with Gasteiger partial charge < -0.3 is 19.2 Å². The predicted molar refractivity (Wildman–Crippen MR) is 159 cm³/mol. The molecule has 1 amide bonds. The first kappa shape index (κ1) is 27.3. The first-order valence-electron chi connectivity index (χ1n) is 13.3. The molecule has 0 saturated carbocycles. The van der Waals surface area contributed by atoms with E-state index in [2.05, 4.69) is 58.8 Å². The lowest BCUT2D eigenvalue weighted by molar-refractivity contribution is -0.121. The van der Waals surface area contributed by atoms with Crippen molar-refractivity contribution >= 4 is 23.2 Å². The van der Waals surface area contributed by atoms with E-state index in [4.69, 9.17) is 21.1 Å². The lowest BCUT2D eigenvalue weighted by Crippen LogP contribution is -2.28. The molecule has 1 atom stereocenters. The number of carbonyl (C=O) groups excluding carboxylic acids is 1. The number of hydrogen-bond acceptors (Lipinski definition) is 4. The summed E-state index contributed by atoms with van der Waals surface area (Å²) in [5.41, 5.74) is 4.96. The smallest absolute Gasteiger partial charge is 0.221 e. The molecule has 0 unspecified atom stereocenters. The van der Waals surface area contributed by atoms with E-state index in [1.54, 1.807) is 26.5 Å². The highest BCUT2D eigenvalue weighted by Crippen LogP contribution is 2.34. The van der Waals surface area contributed by atoms with Gasteiger partial charge in [-0.2, -0.15) is 0 Å². The minimum Gasteiger partial charge on any atom is -0.497 e. The monoisotopic (exact) mass is 553 g/mol. The van der Waals surface area contributed by atoms with Crippen LogP contribution in [0.4, 0.5) is 0 Å². The number of halogens is 1. The van der Waals surface area contributed by atoms with Crippen molar-refractivity contribution in [3.8, 4) is 11.5 Å². The van der Waals surface area contributed by atoms with Crippen LogP contribution in [0.15, 0.2) is 103 Å². The summed E-state index contributed by atoms with van der Waals surface area (Å²) in [6, 6.07) is 30.2. The molecule has 0 saturated heterocycles. The highest BCUT2D eigenvalue weighted by atomic mass is 35.5. The number of methoxy groups -OCH3 is 2. The highest BCUT2D eigenvalue weighted by Gasteiger charge is 2.24. The van der Waals surface area contributed by atoms with Crippen molar-refractivity contribution in [2.75, 3.05) is 20.8 Å². The van der Waals surface area contributed by atoms with Gasteiger partial charge in [-0.25, -0.2) is 4.98 Å². The number of imidazole rings is 1. The first-order valence-corrected chi connectivity index (χ1v) is 13.7. The van der Waals surface area contributed by atoms with Crippen LogP contribution >= 0.6 is 11.6 Å². The van der Waals surface area contributed by atoms with Gasteiger partial charge in [0.1, 0.15) is 17.1 Å². The van der Waals surface area contributed by atoms with Crippen LogP contribution in [0, 0.1) is 0 Å². The summed E-state index contributed by atoms with van der Waals surface area (Å²) in [7, 11) is 3.23. The number of nitrogens with one attached hydrogen (secondary N) is 1. The molecular weight excluding hydrogens is 522 g/mol. The molecule has 0 aliphatic heterocycles. The molecule has 5 rings (SSSR count). The molecule has 2 aromatic heterocycles. The Kier molecular flexibility index (Phi) is 8.67. The van der Waals surface area contributed by atoms with Crippen molar-refractivity contribution in [2.45, 2.75) is 24.7 Å². The second-order valence-electron chi connectivity index (χ2n) is 9.67. The van der Waals surface area contributed by atoms with Gasteiger partial charge in [-0.1, -0.05) is 72.3 Å².